The van der Waals surface area contributed by atoms with E-state index in [9.17, 15) is 0 Å². The zero-order chi connectivity index (χ0) is 13.1. The van der Waals surface area contributed by atoms with Crippen molar-refractivity contribution >= 4 is 40.4 Å². The number of hydrogen-bond donors (Lipinski definition) is 1. The number of ether oxygens (including phenoxy) is 1. The average molecular weight is 299 g/mol. The lowest BCUT2D eigenvalue weighted by Gasteiger charge is -2.10. The molecular formula is C12H8Cl2N2OS. The molecule has 0 aliphatic carbocycles. The first-order chi connectivity index (χ1) is 8.58. The van der Waals surface area contributed by atoms with E-state index in [0.717, 1.165) is 0 Å². The Morgan fingerprint density at radius 1 is 1.22 bits per heavy atom. The van der Waals surface area contributed by atoms with Crippen molar-refractivity contribution in [3.8, 4) is 11.5 Å². The highest BCUT2D eigenvalue weighted by molar-refractivity contribution is 7.80. The fourth-order valence-corrected chi connectivity index (χ4v) is 1.96. The molecule has 1 heterocycles. The molecule has 2 rings (SSSR count). The molecule has 0 bridgehead atoms. The summed E-state index contributed by atoms with van der Waals surface area (Å²) in [6.45, 7) is 0. The van der Waals surface area contributed by atoms with Gasteiger partial charge in [-0.2, -0.15) is 0 Å². The second kappa shape index (κ2) is 5.52. The Kier molecular flexibility index (Phi) is 4.01. The number of thiocarbonyl (C=S) groups is 1. The minimum absolute atomic E-state index is 0.234. The Bertz CT molecular complexity index is 604. The van der Waals surface area contributed by atoms with Crippen molar-refractivity contribution in [1.29, 1.82) is 0 Å². The van der Waals surface area contributed by atoms with Gasteiger partial charge in [0.15, 0.2) is 5.75 Å². The largest absolute Gasteiger partial charge is 0.453 e. The van der Waals surface area contributed by atoms with Crippen LogP contribution in [-0.4, -0.2) is 9.97 Å². The summed E-state index contributed by atoms with van der Waals surface area (Å²) in [6.07, 6.45) is 3.12. The predicted molar refractivity (Wildman–Crippen MR) is 76.7 cm³/mol. The average Bonchev–Trinajstić information content (AvgIpc) is 2.33. The van der Waals surface area contributed by atoms with Crippen molar-refractivity contribution in [2.75, 3.05) is 0 Å². The first-order valence-electron chi connectivity index (χ1n) is 4.94. The first kappa shape index (κ1) is 13.1. The van der Waals surface area contributed by atoms with Gasteiger partial charge in [0.2, 0.25) is 0 Å². The van der Waals surface area contributed by atoms with Crippen LogP contribution in [0.3, 0.4) is 0 Å². The van der Waals surface area contributed by atoms with Crippen LogP contribution in [0.25, 0.3) is 0 Å². The van der Waals surface area contributed by atoms with Gasteiger partial charge in [-0.15, -0.1) is 0 Å². The second-order valence-corrected chi connectivity index (χ2v) is 4.70. The summed E-state index contributed by atoms with van der Waals surface area (Å²) in [4.78, 5) is 4.20. The van der Waals surface area contributed by atoms with E-state index in [2.05, 4.69) is 4.98 Å². The lowest BCUT2D eigenvalue weighted by Crippen LogP contribution is -2.10. The number of nitrogens with two attached hydrogens (primary N) is 1. The van der Waals surface area contributed by atoms with Gasteiger partial charge in [-0.05, 0) is 24.3 Å². The van der Waals surface area contributed by atoms with Crippen molar-refractivity contribution in [3.63, 3.8) is 0 Å². The zero-order valence-electron chi connectivity index (χ0n) is 9.06. The minimum Gasteiger partial charge on any atom is -0.453 e. The Hall–Kier alpha value is -1.36. The molecule has 3 nitrogen and oxygen atoms in total. The van der Waals surface area contributed by atoms with Crippen LogP contribution in [-0.2, 0) is 0 Å². The quantitative estimate of drug-likeness (QED) is 0.875. The second-order valence-electron chi connectivity index (χ2n) is 3.41. The molecule has 0 aliphatic heterocycles. The SMILES string of the molecule is NC(=S)c1ccncc1Oc1ccc(Cl)cc1Cl. The summed E-state index contributed by atoms with van der Waals surface area (Å²) < 4.78 is 5.64. The Morgan fingerprint density at radius 3 is 2.67 bits per heavy atom. The Labute approximate surface area is 119 Å². The lowest BCUT2D eigenvalue weighted by molar-refractivity contribution is 0.479. The van der Waals surface area contributed by atoms with E-state index in [1.165, 1.54) is 6.20 Å². The Balaban J connectivity index is 2.37. The minimum atomic E-state index is 0.234. The van der Waals surface area contributed by atoms with Crippen molar-refractivity contribution in [2.24, 2.45) is 5.73 Å². The monoisotopic (exact) mass is 298 g/mol. The first-order valence-corrected chi connectivity index (χ1v) is 6.11. The molecule has 0 fully saturated rings. The van der Waals surface area contributed by atoms with E-state index in [-0.39, 0.29) is 4.99 Å². The number of hydrogen-bond acceptors (Lipinski definition) is 3. The van der Waals surface area contributed by atoms with Crippen molar-refractivity contribution in [1.82, 2.24) is 4.98 Å². The molecular weight excluding hydrogens is 291 g/mol. The van der Waals surface area contributed by atoms with Gasteiger partial charge >= 0.3 is 0 Å². The maximum atomic E-state index is 6.02. The number of nitrogens with zero attached hydrogens (tertiary/aromatic N) is 1. The van der Waals surface area contributed by atoms with Gasteiger partial charge in [-0.25, -0.2) is 0 Å². The predicted octanol–water partition coefficient (Wildman–Crippen LogP) is 3.81. The fraction of sp³-hybridized carbons (Fsp3) is 0. The van der Waals surface area contributed by atoms with Crippen LogP contribution in [0.2, 0.25) is 10.0 Å². The zero-order valence-corrected chi connectivity index (χ0v) is 11.4. The number of halogens is 2. The molecule has 2 aromatic rings. The van der Waals surface area contributed by atoms with Gasteiger partial charge in [0.05, 0.1) is 16.8 Å². The standard InChI is InChI=1S/C12H8Cl2N2OS/c13-7-1-2-10(9(14)5-7)17-11-6-16-4-3-8(11)12(15)18/h1-6H,(H2,15,18). The van der Waals surface area contributed by atoms with Gasteiger partial charge in [0.25, 0.3) is 0 Å². The normalized spacial score (nSPS) is 10.1. The molecule has 2 N–H and O–H groups in total. The topological polar surface area (TPSA) is 48.1 Å². The number of aromatic nitrogens is 1. The van der Waals surface area contributed by atoms with Crippen LogP contribution in [0.15, 0.2) is 36.7 Å². The molecule has 0 radical (unpaired) electrons. The van der Waals surface area contributed by atoms with E-state index in [1.54, 1.807) is 30.5 Å². The fourth-order valence-electron chi connectivity index (χ4n) is 1.34. The van der Waals surface area contributed by atoms with Crippen molar-refractivity contribution in [3.05, 3.63) is 52.3 Å². The highest BCUT2D eigenvalue weighted by Gasteiger charge is 2.09. The highest BCUT2D eigenvalue weighted by Crippen LogP contribution is 2.32. The molecule has 6 heteroatoms. The van der Waals surface area contributed by atoms with Crippen LogP contribution in [0.1, 0.15) is 5.56 Å². The van der Waals surface area contributed by atoms with Gasteiger partial charge < -0.3 is 10.5 Å². The third-order valence-corrected chi connectivity index (χ3v) is 2.91. The Morgan fingerprint density at radius 2 is 2.00 bits per heavy atom. The van der Waals surface area contributed by atoms with Gasteiger partial charge in [-0.1, -0.05) is 35.4 Å². The summed E-state index contributed by atoms with van der Waals surface area (Å²) in [7, 11) is 0. The number of benzene rings is 1. The summed E-state index contributed by atoms with van der Waals surface area (Å²) >= 11 is 16.8. The van der Waals surface area contributed by atoms with Gasteiger partial charge in [0, 0.05) is 11.2 Å². The molecule has 0 saturated carbocycles. The highest BCUT2D eigenvalue weighted by atomic mass is 35.5. The van der Waals surface area contributed by atoms with Crippen molar-refractivity contribution in [2.45, 2.75) is 0 Å². The molecule has 0 atom stereocenters. The summed E-state index contributed by atoms with van der Waals surface area (Å²) in [5.41, 5.74) is 6.20. The molecule has 1 aromatic carbocycles. The van der Waals surface area contributed by atoms with Crippen LogP contribution in [0.4, 0.5) is 0 Å². The summed E-state index contributed by atoms with van der Waals surface area (Å²) in [6, 6.07) is 6.62. The van der Waals surface area contributed by atoms with E-state index in [4.69, 9.17) is 45.9 Å². The molecule has 0 saturated heterocycles. The molecule has 92 valence electrons. The van der Waals surface area contributed by atoms with Crippen LogP contribution >= 0.6 is 35.4 Å². The lowest BCUT2D eigenvalue weighted by atomic mass is 10.2. The molecule has 0 aliphatic rings. The van der Waals surface area contributed by atoms with Crippen molar-refractivity contribution < 1.29 is 4.74 Å². The van der Waals surface area contributed by atoms with Gasteiger partial charge in [-0.3, -0.25) is 4.98 Å². The molecule has 18 heavy (non-hydrogen) atoms. The van der Waals surface area contributed by atoms with E-state index in [1.807, 2.05) is 0 Å². The summed E-state index contributed by atoms with van der Waals surface area (Å²) in [5, 5.41) is 0.938. The number of pyridine rings is 1. The number of rotatable bonds is 3. The molecule has 1 aromatic heterocycles. The third kappa shape index (κ3) is 2.90. The maximum Gasteiger partial charge on any atom is 0.155 e. The van der Waals surface area contributed by atoms with Crippen LogP contribution < -0.4 is 10.5 Å². The third-order valence-electron chi connectivity index (χ3n) is 2.16. The van der Waals surface area contributed by atoms with Crippen LogP contribution in [0, 0.1) is 0 Å². The smallest absolute Gasteiger partial charge is 0.155 e. The summed E-state index contributed by atoms with van der Waals surface area (Å²) in [5.74, 6) is 0.917. The van der Waals surface area contributed by atoms with E-state index >= 15 is 0 Å². The van der Waals surface area contributed by atoms with Crippen LogP contribution in [0.5, 0.6) is 11.5 Å². The van der Waals surface area contributed by atoms with E-state index < -0.39 is 0 Å². The molecule has 0 amide bonds. The molecule has 0 spiro atoms. The molecule has 0 unspecified atom stereocenters. The maximum absolute atomic E-state index is 6.02. The van der Waals surface area contributed by atoms with E-state index in [0.29, 0.717) is 27.1 Å². The van der Waals surface area contributed by atoms with Gasteiger partial charge in [0.1, 0.15) is 10.7 Å².